The highest BCUT2D eigenvalue weighted by atomic mass is 15.2. The largest absolute Gasteiger partial charge is 0.326 e. The first-order chi connectivity index (χ1) is 6.84. The molecule has 1 saturated heterocycles. The lowest BCUT2D eigenvalue weighted by Gasteiger charge is -2.14. The third-order valence-electron chi connectivity index (χ3n) is 2.72. The first kappa shape index (κ1) is 9.62. The van der Waals surface area contributed by atoms with Gasteiger partial charge in [-0.25, -0.2) is 0 Å². The predicted molar refractivity (Wildman–Crippen MR) is 57.0 cm³/mol. The number of rotatable bonds is 3. The molecule has 0 aliphatic carbocycles. The minimum atomic E-state index is 0.388. The molecule has 1 aliphatic heterocycles. The number of pyridine rings is 1. The van der Waals surface area contributed by atoms with Crippen LogP contribution >= 0.6 is 0 Å². The number of aromatic nitrogens is 1. The molecule has 0 unspecified atom stereocenters. The maximum absolute atomic E-state index is 5.84. The molecule has 14 heavy (non-hydrogen) atoms. The van der Waals surface area contributed by atoms with Gasteiger partial charge in [0.25, 0.3) is 0 Å². The molecule has 1 aromatic heterocycles. The second kappa shape index (κ2) is 4.53. The fourth-order valence-electron chi connectivity index (χ4n) is 1.88. The van der Waals surface area contributed by atoms with Crippen LogP contribution in [0.1, 0.15) is 12.1 Å². The molecule has 2 heterocycles. The summed E-state index contributed by atoms with van der Waals surface area (Å²) in [7, 11) is 0. The SMILES string of the molecule is N[C@H]1CCN(CCc2ccccn2)C1. The maximum atomic E-state index is 5.84. The van der Waals surface area contributed by atoms with Gasteiger partial charge in [-0.2, -0.15) is 0 Å². The number of nitrogens with zero attached hydrogens (tertiary/aromatic N) is 2. The van der Waals surface area contributed by atoms with Gasteiger partial charge in [0, 0.05) is 37.4 Å². The number of hydrogen-bond donors (Lipinski definition) is 1. The standard InChI is InChI=1S/C11H17N3/c12-10-4-7-14(9-10)8-5-11-3-1-2-6-13-11/h1-3,6,10H,4-5,7-9,12H2/t10-/m0/s1. The van der Waals surface area contributed by atoms with Crippen molar-refractivity contribution < 1.29 is 0 Å². The minimum Gasteiger partial charge on any atom is -0.326 e. The first-order valence-electron chi connectivity index (χ1n) is 5.22. The van der Waals surface area contributed by atoms with Crippen molar-refractivity contribution in [3.8, 4) is 0 Å². The van der Waals surface area contributed by atoms with Crippen LogP contribution in [0.5, 0.6) is 0 Å². The third kappa shape index (κ3) is 2.53. The van der Waals surface area contributed by atoms with Crippen LogP contribution in [0, 0.1) is 0 Å². The van der Waals surface area contributed by atoms with Crippen LogP contribution in [0.2, 0.25) is 0 Å². The van der Waals surface area contributed by atoms with Gasteiger partial charge in [-0.15, -0.1) is 0 Å². The van der Waals surface area contributed by atoms with Crippen LogP contribution < -0.4 is 5.73 Å². The van der Waals surface area contributed by atoms with Gasteiger partial charge in [-0.1, -0.05) is 6.07 Å². The zero-order valence-corrected chi connectivity index (χ0v) is 8.39. The van der Waals surface area contributed by atoms with Crippen LogP contribution in [0.25, 0.3) is 0 Å². The average molecular weight is 191 g/mol. The molecule has 2 rings (SSSR count). The smallest absolute Gasteiger partial charge is 0.0416 e. The third-order valence-corrected chi connectivity index (χ3v) is 2.72. The first-order valence-corrected chi connectivity index (χ1v) is 5.22. The lowest BCUT2D eigenvalue weighted by molar-refractivity contribution is 0.337. The molecule has 0 bridgehead atoms. The Labute approximate surface area is 84.9 Å². The molecule has 3 nitrogen and oxygen atoms in total. The van der Waals surface area contributed by atoms with Crippen LogP contribution in [-0.4, -0.2) is 35.6 Å². The second-order valence-electron chi connectivity index (χ2n) is 3.92. The Morgan fingerprint density at radius 2 is 2.43 bits per heavy atom. The van der Waals surface area contributed by atoms with E-state index < -0.39 is 0 Å². The number of likely N-dealkylation sites (tertiary alicyclic amines) is 1. The lowest BCUT2D eigenvalue weighted by atomic mass is 10.2. The molecule has 0 saturated carbocycles. The van der Waals surface area contributed by atoms with E-state index in [1.165, 1.54) is 5.69 Å². The van der Waals surface area contributed by atoms with E-state index in [4.69, 9.17) is 5.73 Å². The van der Waals surface area contributed by atoms with Crippen LogP contribution in [0.3, 0.4) is 0 Å². The lowest BCUT2D eigenvalue weighted by Crippen LogP contribution is -2.28. The topological polar surface area (TPSA) is 42.1 Å². The van der Waals surface area contributed by atoms with E-state index in [0.29, 0.717) is 6.04 Å². The van der Waals surface area contributed by atoms with E-state index in [1.54, 1.807) is 0 Å². The normalized spacial score (nSPS) is 22.8. The molecule has 3 heteroatoms. The summed E-state index contributed by atoms with van der Waals surface area (Å²) in [4.78, 5) is 6.72. The van der Waals surface area contributed by atoms with Gasteiger partial charge in [0.2, 0.25) is 0 Å². The highest BCUT2D eigenvalue weighted by Gasteiger charge is 2.18. The van der Waals surface area contributed by atoms with E-state index in [-0.39, 0.29) is 0 Å². The Balaban J connectivity index is 1.78. The Morgan fingerprint density at radius 1 is 1.50 bits per heavy atom. The molecule has 0 spiro atoms. The van der Waals surface area contributed by atoms with E-state index in [1.807, 2.05) is 18.3 Å². The van der Waals surface area contributed by atoms with Gasteiger partial charge in [0.05, 0.1) is 0 Å². The Hall–Kier alpha value is -0.930. The van der Waals surface area contributed by atoms with Gasteiger partial charge in [-0.3, -0.25) is 4.98 Å². The van der Waals surface area contributed by atoms with Crippen molar-refractivity contribution in [2.24, 2.45) is 5.73 Å². The molecule has 1 aromatic rings. The molecule has 0 radical (unpaired) electrons. The van der Waals surface area contributed by atoms with Crippen molar-refractivity contribution in [1.29, 1.82) is 0 Å². The van der Waals surface area contributed by atoms with Gasteiger partial charge in [-0.05, 0) is 25.1 Å². The van der Waals surface area contributed by atoms with E-state index in [9.17, 15) is 0 Å². The Kier molecular flexibility index (Phi) is 3.11. The summed E-state index contributed by atoms with van der Waals surface area (Å²) in [5.74, 6) is 0. The zero-order valence-electron chi connectivity index (χ0n) is 8.39. The molecule has 1 fully saturated rings. The van der Waals surface area contributed by atoms with E-state index >= 15 is 0 Å². The van der Waals surface area contributed by atoms with Crippen molar-refractivity contribution in [3.63, 3.8) is 0 Å². The van der Waals surface area contributed by atoms with Crippen LogP contribution in [0.4, 0.5) is 0 Å². The van der Waals surface area contributed by atoms with Crippen molar-refractivity contribution in [3.05, 3.63) is 30.1 Å². The molecule has 1 atom stereocenters. The van der Waals surface area contributed by atoms with Crippen LogP contribution in [-0.2, 0) is 6.42 Å². The summed E-state index contributed by atoms with van der Waals surface area (Å²) < 4.78 is 0. The minimum absolute atomic E-state index is 0.388. The van der Waals surface area contributed by atoms with E-state index in [0.717, 1.165) is 32.5 Å². The highest BCUT2D eigenvalue weighted by molar-refractivity contribution is 5.03. The molecular formula is C11H17N3. The molecule has 1 aliphatic rings. The monoisotopic (exact) mass is 191 g/mol. The molecular weight excluding hydrogens is 174 g/mol. The van der Waals surface area contributed by atoms with Crippen LogP contribution in [0.15, 0.2) is 24.4 Å². The predicted octanol–water partition coefficient (Wildman–Crippen LogP) is 0.657. The summed E-state index contributed by atoms with van der Waals surface area (Å²) >= 11 is 0. The van der Waals surface area contributed by atoms with E-state index in [2.05, 4.69) is 16.0 Å². The summed E-state index contributed by atoms with van der Waals surface area (Å²) in [6.45, 7) is 3.28. The molecule has 76 valence electrons. The molecule has 2 N–H and O–H groups in total. The van der Waals surface area contributed by atoms with Crippen molar-refractivity contribution in [2.45, 2.75) is 18.9 Å². The Bertz CT molecular complexity index is 273. The number of nitrogens with two attached hydrogens (primary N) is 1. The van der Waals surface area contributed by atoms with Gasteiger partial charge >= 0.3 is 0 Å². The fourth-order valence-corrected chi connectivity index (χ4v) is 1.88. The summed E-state index contributed by atoms with van der Waals surface area (Å²) in [6.07, 6.45) is 4.03. The van der Waals surface area contributed by atoms with Crippen molar-refractivity contribution >= 4 is 0 Å². The quantitative estimate of drug-likeness (QED) is 0.763. The summed E-state index contributed by atoms with van der Waals surface area (Å²) in [5, 5.41) is 0. The summed E-state index contributed by atoms with van der Waals surface area (Å²) in [5.41, 5.74) is 7.01. The molecule has 0 aromatic carbocycles. The fraction of sp³-hybridized carbons (Fsp3) is 0.545. The van der Waals surface area contributed by atoms with Gasteiger partial charge < -0.3 is 10.6 Å². The average Bonchev–Trinajstić information content (AvgIpc) is 2.63. The summed E-state index contributed by atoms with van der Waals surface area (Å²) in [6, 6.07) is 6.46. The van der Waals surface area contributed by atoms with Crippen molar-refractivity contribution in [1.82, 2.24) is 9.88 Å². The Morgan fingerprint density at radius 3 is 3.07 bits per heavy atom. The van der Waals surface area contributed by atoms with Gasteiger partial charge in [0.15, 0.2) is 0 Å². The molecule has 0 amide bonds. The van der Waals surface area contributed by atoms with Gasteiger partial charge in [0.1, 0.15) is 0 Å². The number of hydrogen-bond acceptors (Lipinski definition) is 3. The highest BCUT2D eigenvalue weighted by Crippen LogP contribution is 2.07. The second-order valence-corrected chi connectivity index (χ2v) is 3.92. The van der Waals surface area contributed by atoms with Crippen molar-refractivity contribution in [2.75, 3.05) is 19.6 Å². The maximum Gasteiger partial charge on any atom is 0.0416 e. The zero-order chi connectivity index (χ0) is 9.80.